The lowest BCUT2D eigenvalue weighted by Crippen LogP contribution is -2.31. The molecule has 6 aromatic rings. The monoisotopic (exact) mass is 804 g/mol. The molecular formula is C55H52N2O4. The Balaban J connectivity index is 1.02. The van der Waals surface area contributed by atoms with Gasteiger partial charge in [0.15, 0.2) is 0 Å². The molecule has 1 aliphatic carbocycles. The van der Waals surface area contributed by atoms with Gasteiger partial charge in [-0.3, -0.25) is 0 Å². The number of phenols is 2. The standard InChI is InChI=1S/C55H52N2O4/c1-38-34-44(54(58)48(36-38)56-32-17-5-3-7-20-40-22-9-13-26-46(40)56)42-24-11-15-28-50(42)60-52-30-19-31-53(52)61-51-29-16-12-25-43(51)45-35-39(2)37-49(55(45)59)57-33-18-6-4-8-21-41-23-10-14-27-47(41)57/h3-18,22-29,34-37,52-53,58-59H,19-21,30-33H2,1-2H3/b7-3-,8-4-,17-5-,18-6-/t52-,53?/m1/s1. The number of anilines is 4. The molecular weight excluding hydrogens is 753 g/mol. The predicted octanol–water partition coefficient (Wildman–Crippen LogP) is 13.0. The molecule has 0 radical (unpaired) electrons. The van der Waals surface area contributed by atoms with Crippen LogP contribution in [0, 0.1) is 13.8 Å². The molecule has 6 heteroatoms. The zero-order valence-electron chi connectivity index (χ0n) is 34.9. The summed E-state index contributed by atoms with van der Waals surface area (Å²) < 4.78 is 13.9. The first-order chi connectivity index (χ1) is 29.9. The second-order valence-electron chi connectivity index (χ2n) is 16.2. The van der Waals surface area contributed by atoms with E-state index in [1.54, 1.807) is 0 Å². The number of hydrogen-bond acceptors (Lipinski definition) is 6. The number of nitrogens with zero attached hydrogens (tertiary/aromatic N) is 2. The van der Waals surface area contributed by atoms with E-state index in [0.717, 1.165) is 88.2 Å². The Kier molecular flexibility index (Phi) is 11.5. The van der Waals surface area contributed by atoms with Crippen LogP contribution in [-0.2, 0) is 12.8 Å². The number of para-hydroxylation sites is 4. The molecule has 1 fully saturated rings. The molecule has 3 aliphatic rings. The van der Waals surface area contributed by atoms with Gasteiger partial charge in [-0.2, -0.15) is 0 Å². The smallest absolute Gasteiger partial charge is 0.147 e. The molecule has 2 heterocycles. The molecule has 0 bridgehead atoms. The highest BCUT2D eigenvalue weighted by molar-refractivity contribution is 5.87. The van der Waals surface area contributed by atoms with E-state index >= 15 is 0 Å². The zero-order valence-corrected chi connectivity index (χ0v) is 34.9. The van der Waals surface area contributed by atoms with Gasteiger partial charge in [-0.25, -0.2) is 0 Å². The van der Waals surface area contributed by atoms with Crippen molar-refractivity contribution in [2.45, 2.75) is 58.2 Å². The summed E-state index contributed by atoms with van der Waals surface area (Å²) in [6.45, 7) is 5.38. The van der Waals surface area contributed by atoms with Crippen LogP contribution < -0.4 is 19.3 Å². The van der Waals surface area contributed by atoms with Gasteiger partial charge in [0.2, 0.25) is 0 Å². The molecule has 2 atom stereocenters. The van der Waals surface area contributed by atoms with E-state index in [2.05, 4.69) is 133 Å². The van der Waals surface area contributed by atoms with Gasteiger partial charge in [0, 0.05) is 46.7 Å². The van der Waals surface area contributed by atoms with E-state index in [-0.39, 0.29) is 23.7 Å². The SMILES string of the molecule is Cc1cc(-c2ccccc2OC2CCC[C@H]2Oc2ccccc2-c2cc(C)cc(N3C/C=C\C=C/Cc4ccccc43)c2O)c(O)c(N2C/C=C\C=C/Cc3ccccc32)c1. The first-order valence-corrected chi connectivity index (χ1v) is 21.5. The molecule has 6 nitrogen and oxygen atoms in total. The first kappa shape index (κ1) is 39.5. The van der Waals surface area contributed by atoms with Crippen molar-refractivity contribution in [2.75, 3.05) is 22.9 Å². The van der Waals surface area contributed by atoms with Gasteiger partial charge in [-0.05, 0) is 117 Å². The maximum Gasteiger partial charge on any atom is 0.147 e. The van der Waals surface area contributed by atoms with Crippen LogP contribution in [0.1, 0.15) is 41.5 Å². The third kappa shape index (κ3) is 8.31. The normalized spacial score (nSPS) is 19.4. The van der Waals surface area contributed by atoms with Crippen LogP contribution in [0.15, 0.2) is 170 Å². The van der Waals surface area contributed by atoms with Gasteiger partial charge in [-0.1, -0.05) is 121 Å². The van der Waals surface area contributed by atoms with E-state index in [4.69, 9.17) is 9.47 Å². The highest BCUT2D eigenvalue weighted by Crippen LogP contribution is 2.48. The lowest BCUT2D eigenvalue weighted by Gasteiger charge is -2.29. The molecule has 2 N–H and O–H groups in total. The maximum atomic E-state index is 12.2. The zero-order chi connectivity index (χ0) is 41.7. The Morgan fingerprint density at radius 1 is 0.459 bits per heavy atom. The summed E-state index contributed by atoms with van der Waals surface area (Å²) in [4.78, 5) is 4.40. The summed E-state index contributed by atoms with van der Waals surface area (Å²) in [5.74, 6) is 1.83. The Morgan fingerprint density at radius 3 is 1.34 bits per heavy atom. The van der Waals surface area contributed by atoms with E-state index in [1.807, 2.05) is 60.7 Å². The lowest BCUT2D eigenvalue weighted by molar-refractivity contribution is 0.0787. The predicted molar refractivity (Wildman–Crippen MR) is 250 cm³/mol. The summed E-state index contributed by atoms with van der Waals surface area (Å²) >= 11 is 0. The Labute approximate surface area is 359 Å². The summed E-state index contributed by atoms with van der Waals surface area (Å²) in [7, 11) is 0. The maximum absolute atomic E-state index is 12.2. The first-order valence-electron chi connectivity index (χ1n) is 21.5. The van der Waals surface area contributed by atoms with E-state index in [9.17, 15) is 10.2 Å². The Bertz CT molecular complexity index is 2490. The van der Waals surface area contributed by atoms with Gasteiger partial charge in [-0.15, -0.1) is 0 Å². The van der Waals surface area contributed by atoms with Gasteiger partial charge in [0.25, 0.3) is 0 Å². The summed E-state index contributed by atoms with van der Waals surface area (Å²) in [5.41, 5.74) is 11.2. The quantitative estimate of drug-likeness (QED) is 0.160. The molecule has 61 heavy (non-hydrogen) atoms. The molecule has 1 saturated carbocycles. The minimum Gasteiger partial charge on any atom is -0.505 e. The second kappa shape index (κ2) is 17.7. The number of rotatable bonds is 8. The van der Waals surface area contributed by atoms with E-state index < -0.39 is 0 Å². The molecule has 9 rings (SSSR count). The van der Waals surface area contributed by atoms with Crippen LogP contribution in [0.25, 0.3) is 22.3 Å². The van der Waals surface area contributed by atoms with E-state index in [1.165, 1.54) is 11.1 Å². The van der Waals surface area contributed by atoms with Crippen molar-refractivity contribution in [2.24, 2.45) is 0 Å². The number of benzene rings is 6. The third-order valence-corrected chi connectivity index (χ3v) is 11.9. The number of fused-ring (bicyclic) bond motifs is 2. The summed E-state index contributed by atoms with van der Waals surface area (Å²) in [5, 5.41) is 24.4. The van der Waals surface area contributed by atoms with Crippen LogP contribution in [0.5, 0.6) is 23.0 Å². The average molecular weight is 805 g/mol. The summed E-state index contributed by atoms with van der Waals surface area (Å²) in [6, 6.07) is 41.0. The van der Waals surface area contributed by atoms with Crippen LogP contribution in [0.4, 0.5) is 22.7 Å². The highest BCUT2D eigenvalue weighted by atomic mass is 16.5. The Hall–Kier alpha value is -6.92. The largest absolute Gasteiger partial charge is 0.505 e. The molecule has 0 aromatic heterocycles. The fourth-order valence-corrected chi connectivity index (χ4v) is 9.00. The van der Waals surface area contributed by atoms with Crippen molar-refractivity contribution in [3.63, 3.8) is 0 Å². The fraction of sp³-hybridized carbons (Fsp3) is 0.200. The number of phenolic OH excluding ortho intramolecular Hbond substituents is 2. The molecule has 6 aromatic carbocycles. The van der Waals surface area contributed by atoms with Crippen molar-refractivity contribution < 1.29 is 19.7 Å². The number of ether oxygens (including phenoxy) is 2. The van der Waals surface area contributed by atoms with Crippen LogP contribution in [0.3, 0.4) is 0 Å². The number of hydrogen-bond donors (Lipinski definition) is 2. The van der Waals surface area contributed by atoms with Gasteiger partial charge in [0.1, 0.15) is 35.2 Å². The number of aromatic hydroxyl groups is 2. The van der Waals surface area contributed by atoms with Gasteiger partial charge in [0.05, 0.1) is 11.4 Å². The summed E-state index contributed by atoms with van der Waals surface area (Å²) in [6.07, 6.45) is 20.7. The van der Waals surface area contributed by atoms with Crippen molar-refractivity contribution in [3.8, 4) is 45.3 Å². The minimum absolute atomic E-state index is 0.213. The van der Waals surface area contributed by atoms with Crippen molar-refractivity contribution in [1.82, 2.24) is 0 Å². The molecule has 0 spiro atoms. The number of aryl methyl sites for hydroxylation is 2. The van der Waals surface area contributed by atoms with Gasteiger partial charge >= 0.3 is 0 Å². The molecule has 0 amide bonds. The molecule has 1 unspecified atom stereocenters. The highest BCUT2D eigenvalue weighted by Gasteiger charge is 2.33. The molecule has 306 valence electrons. The van der Waals surface area contributed by atoms with Crippen LogP contribution in [0.2, 0.25) is 0 Å². The van der Waals surface area contributed by atoms with E-state index in [0.29, 0.717) is 24.6 Å². The van der Waals surface area contributed by atoms with Crippen molar-refractivity contribution in [1.29, 1.82) is 0 Å². The minimum atomic E-state index is -0.230. The van der Waals surface area contributed by atoms with Crippen molar-refractivity contribution >= 4 is 22.7 Å². The molecule has 2 aliphatic heterocycles. The second-order valence-corrected chi connectivity index (χ2v) is 16.2. The fourth-order valence-electron chi connectivity index (χ4n) is 9.00. The van der Waals surface area contributed by atoms with Gasteiger partial charge < -0.3 is 29.5 Å². The number of allylic oxidation sites excluding steroid dienone is 6. The average Bonchev–Trinajstić information content (AvgIpc) is 3.78. The molecule has 0 saturated heterocycles. The topological polar surface area (TPSA) is 65.4 Å². The van der Waals surface area contributed by atoms with Crippen LogP contribution in [-0.4, -0.2) is 35.5 Å². The van der Waals surface area contributed by atoms with Crippen molar-refractivity contribution in [3.05, 3.63) is 192 Å². The lowest BCUT2D eigenvalue weighted by atomic mass is 9.98. The third-order valence-electron chi connectivity index (χ3n) is 11.9. The Morgan fingerprint density at radius 2 is 0.869 bits per heavy atom. The van der Waals surface area contributed by atoms with Crippen LogP contribution >= 0.6 is 0 Å².